The first-order chi connectivity index (χ1) is 7.52. The largest absolute Gasteiger partial charge is 0.464 e. The van der Waals surface area contributed by atoms with E-state index < -0.39 is 22.4 Å². The zero-order valence-electron chi connectivity index (χ0n) is 8.11. The second kappa shape index (κ2) is 3.76. The molecular formula is C9H9NO5S. The summed E-state index contributed by atoms with van der Waals surface area (Å²) in [6, 6.07) is 7.69. The highest BCUT2D eigenvalue weighted by molar-refractivity contribution is 7.85. The van der Waals surface area contributed by atoms with E-state index in [0.717, 1.165) is 0 Å². The molecule has 16 heavy (non-hydrogen) atoms. The Balaban J connectivity index is 2.41. The van der Waals surface area contributed by atoms with Gasteiger partial charge in [0.05, 0.1) is 6.61 Å². The van der Waals surface area contributed by atoms with E-state index >= 15 is 0 Å². The molecule has 1 amide bonds. The van der Waals surface area contributed by atoms with E-state index in [1.165, 1.54) is 0 Å². The van der Waals surface area contributed by atoms with E-state index in [0.29, 0.717) is 9.87 Å². The molecule has 1 aromatic rings. The first-order valence-corrected chi connectivity index (χ1v) is 5.85. The second-order valence-corrected chi connectivity index (χ2v) is 4.73. The van der Waals surface area contributed by atoms with Crippen LogP contribution in [0.25, 0.3) is 0 Å². The van der Waals surface area contributed by atoms with Gasteiger partial charge in [0.1, 0.15) is 6.04 Å². The Labute approximate surface area is 92.3 Å². The highest BCUT2D eigenvalue weighted by Crippen LogP contribution is 2.31. The fourth-order valence-corrected chi connectivity index (χ4v) is 2.67. The van der Waals surface area contributed by atoms with Crippen LogP contribution in [0.5, 0.6) is 0 Å². The lowest BCUT2D eigenvalue weighted by molar-refractivity contribution is 0.164. The van der Waals surface area contributed by atoms with Gasteiger partial charge in [0, 0.05) is 0 Å². The number of benzene rings is 1. The lowest BCUT2D eigenvalue weighted by Crippen LogP contribution is -2.33. The van der Waals surface area contributed by atoms with Crippen molar-refractivity contribution in [3.05, 3.63) is 35.9 Å². The smallest absolute Gasteiger partial charge is 0.423 e. The maximum absolute atomic E-state index is 11.3. The van der Waals surface area contributed by atoms with Crippen LogP contribution in [0.3, 0.4) is 0 Å². The van der Waals surface area contributed by atoms with Crippen molar-refractivity contribution in [1.82, 2.24) is 4.31 Å². The molecule has 0 bridgehead atoms. The molecule has 0 aromatic heterocycles. The van der Waals surface area contributed by atoms with Crippen LogP contribution in [0.2, 0.25) is 0 Å². The zero-order valence-corrected chi connectivity index (χ0v) is 8.92. The third kappa shape index (κ3) is 1.74. The molecule has 6 nitrogen and oxygen atoms in total. The van der Waals surface area contributed by atoms with Crippen molar-refractivity contribution in [1.29, 1.82) is 0 Å². The standard InChI is InChI=1S/C9H9NO5S/c11-9(12)10-8(6-15-16(10,13)14)7-4-2-1-3-5-7/h1-5,8H,6H2,(H,11,12). The molecule has 1 saturated heterocycles. The summed E-state index contributed by atoms with van der Waals surface area (Å²) in [4.78, 5) is 10.9. The number of carboxylic acid groups (broad SMARTS) is 1. The minimum absolute atomic E-state index is 0.182. The Morgan fingerprint density at radius 3 is 2.56 bits per heavy atom. The predicted octanol–water partition coefficient (Wildman–Crippen LogP) is 0.983. The first-order valence-electron chi connectivity index (χ1n) is 4.49. The van der Waals surface area contributed by atoms with E-state index in [1.807, 2.05) is 0 Å². The molecule has 1 N–H and O–H groups in total. The number of nitrogens with zero attached hydrogens (tertiary/aromatic N) is 1. The lowest BCUT2D eigenvalue weighted by atomic mass is 10.1. The minimum atomic E-state index is -4.15. The Morgan fingerprint density at radius 1 is 1.38 bits per heavy atom. The molecule has 1 aliphatic heterocycles. The molecule has 2 rings (SSSR count). The van der Waals surface area contributed by atoms with Crippen LogP contribution < -0.4 is 0 Å². The van der Waals surface area contributed by atoms with Crippen molar-refractivity contribution in [3.8, 4) is 0 Å². The molecule has 1 heterocycles. The number of rotatable bonds is 1. The van der Waals surface area contributed by atoms with Gasteiger partial charge in [-0.2, -0.15) is 12.7 Å². The van der Waals surface area contributed by atoms with Crippen molar-refractivity contribution in [2.45, 2.75) is 6.04 Å². The Morgan fingerprint density at radius 2 is 2.00 bits per heavy atom. The summed E-state index contributed by atoms with van der Waals surface area (Å²) >= 11 is 0. The fourth-order valence-electron chi connectivity index (χ4n) is 1.57. The van der Waals surface area contributed by atoms with Crippen molar-refractivity contribution >= 4 is 16.4 Å². The summed E-state index contributed by atoms with van der Waals surface area (Å²) in [6.07, 6.45) is -1.54. The molecule has 0 aliphatic carbocycles. The molecule has 7 heteroatoms. The lowest BCUT2D eigenvalue weighted by Gasteiger charge is -2.17. The molecule has 0 saturated carbocycles. The summed E-state index contributed by atoms with van der Waals surface area (Å²) in [5, 5.41) is 8.85. The van der Waals surface area contributed by atoms with Gasteiger partial charge in [-0.05, 0) is 5.56 Å². The van der Waals surface area contributed by atoms with Gasteiger partial charge in [-0.25, -0.2) is 4.79 Å². The third-order valence-electron chi connectivity index (χ3n) is 2.27. The van der Waals surface area contributed by atoms with E-state index in [1.54, 1.807) is 30.3 Å². The SMILES string of the molecule is O=C(O)N1C(c2ccccc2)COS1(=O)=O. The van der Waals surface area contributed by atoms with Crippen molar-refractivity contribution < 1.29 is 22.5 Å². The quantitative estimate of drug-likeness (QED) is 0.794. The van der Waals surface area contributed by atoms with Gasteiger partial charge < -0.3 is 5.11 Å². The van der Waals surface area contributed by atoms with Crippen LogP contribution in [-0.4, -0.2) is 30.5 Å². The molecule has 0 spiro atoms. The van der Waals surface area contributed by atoms with E-state index in [9.17, 15) is 13.2 Å². The summed E-state index contributed by atoms with van der Waals surface area (Å²) in [6.45, 7) is -0.182. The van der Waals surface area contributed by atoms with Crippen LogP contribution in [0.1, 0.15) is 11.6 Å². The van der Waals surface area contributed by atoms with Crippen LogP contribution in [0.4, 0.5) is 4.79 Å². The van der Waals surface area contributed by atoms with Gasteiger partial charge in [-0.3, -0.25) is 4.18 Å². The number of amides is 1. The highest BCUT2D eigenvalue weighted by atomic mass is 32.2. The van der Waals surface area contributed by atoms with Gasteiger partial charge in [0.25, 0.3) is 0 Å². The van der Waals surface area contributed by atoms with Gasteiger partial charge >= 0.3 is 16.4 Å². The molecule has 1 aromatic carbocycles. The summed E-state index contributed by atoms with van der Waals surface area (Å²) in [5.41, 5.74) is 0.589. The van der Waals surface area contributed by atoms with Gasteiger partial charge in [-0.1, -0.05) is 30.3 Å². The minimum Gasteiger partial charge on any atom is -0.464 e. The van der Waals surface area contributed by atoms with Gasteiger partial charge in [-0.15, -0.1) is 0 Å². The summed E-state index contributed by atoms with van der Waals surface area (Å²) < 4.78 is 27.5. The van der Waals surface area contributed by atoms with Crippen LogP contribution in [-0.2, 0) is 14.5 Å². The monoisotopic (exact) mass is 243 g/mol. The van der Waals surface area contributed by atoms with Crippen molar-refractivity contribution in [2.75, 3.05) is 6.61 Å². The number of carbonyl (C=O) groups is 1. The van der Waals surface area contributed by atoms with Crippen molar-refractivity contribution in [2.24, 2.45) is 0 Å². The van der Waals surface area contributed by atoms with Gasteiger partial charge in [0.2, 0.25) is 0 Å². The van der Waals surface area contributed by atoms with Crippen molar-refractivity contribution in [3.63, 3.8) is 0 Å². The highest BCUT2D eigenvalue weighted by Gasteiger charge is 2.43. The number of hydrogen-bond donors (Lipinski definition) is 1. The molecule has 1 fully saturated rings. The molecule has 1 atom stereocenters. The number of hydrogen-bond acceptors (Lipinski definition) is 4. The van der Waals surface area contributed by atoms with E-state index in [4.69, 9.17) is 5.11 Å². The van der Waals surface area contributed by atoms with Crippen LogP contribution in [0.15, 0.2) is 30.3 Å². The molecule has 0 radical (unpaired) electrons. The molecule has 1 unspecified atom stereocenters. The normalized spacial score (nSPS) is 23.2. The Hall–Kier alpha value is -1.60. The summed E-state index contributed by atoms with van der Waals surface area (Å²) in [5.74, 6) is 0. The molecule has 86 valence electrons. The van der Waals surface area contributed by atoms with E-state index in [-0.39, 0.29) is 6.61 Å². The topological polar surface area (TPSA) is 83.9 Å². The zero-order chi connectivity index (χ0) is 11.8. The maximum Gasteiger partial charge on any atom is 0.423 e. The molecule has 1 aliphatic rings. The maximum atomic E-state index is 11.3. The van der Waals surface area contributed by atoms with Gasteiger partial charge in [0.15, 0.2) is 0 Å². The third-order valence-corrected chi connectivity index (χ3v) is 3.60. The second-order valence-electron chi connectivity index (χ2n) is 3.25. The first kappa shape index (κ1) is 10.9. The Bertz CT molecular complexity index is 498. The molecular weight excluding hydrogens is 234 g/mol. The average Bonchev–Trinajstić information content (AvgIpc) is 2.55. The van der Waals surface area contributed by atoms with Crippen LogP contribution >= 0.6 is 0 Å². The average molecular weight is 243 g/mol. The predicted molar refractivity (Wildman–Crippen MR) is 53.9 cm³/mol. The fraction of sp³-hybridized carbons (Fsp3) is 0.222. The van der Waals surface area contributed by atoms with Crippen LogP contribution in [0, 0.1) is 0 Å². The Kier molecular flexibility index (Phi) is 2.56. The summed E-state index contributed by atoms with van der Waals surface area (Å²) in [7, 11) is -4.15. The van der Waals surface area contributed by atoms with E-state index in [2.05, 4.69) is 4.18 Å².